The molecule has 14 nitrogen and oxygen atoms in total. The zero-order valence-corrected chi connectivity index (χ0v) is 30.1. The molecule has 52 heavy (non-hydrogen) atoms. The van der Waals surface area contributed by atoms with Gasteiger partial charge in [-0.25, -0.2) is 9.13 Å². The molecule has 0 atom stereocenters. The van der Waals surface area contributed by atoms with E-state index in [4.69, 9.17) is 9.05 Å². The highest BCUT2D eigenvalue weighted by Crippen LogP contribution is 2.46. The number of phenols is 2. The molecule has 4 aromatic rings. The van der Waals surface area contributed by atoms with Gasteiger partial charge < -0.3 is 19.3 Å². The summed E-state index contributed by atoms with van der Waals surface area (Å²) in [6.45, 7) is 5.01. The van der Waals surface area contributed by atoms with E-state index >= 15 is 0 Å². The van der Waals surface area contributed by atoms with Crippen molar-refractivity contribution in [3.8, 4) is 23.0 Å². The van der Waals surface area contributed by atoms with Gasteiger partial charge in [0.25, 0.3) is 0 Å². The Balaban J connectivity index is 1.97. The molecular formula is C36H34O14P2. The minimum atomic E-state index is -5.29. The highest BCUT2D eigenvalue weighted by atomic mass is 31.2. The largest absolute Gasteiger partial charge is 0.524 e. The third kappa shape index (κ3) is 8.56. The first-order chi connectivity index (χ1) is 24.1. The Morgan fingerprint density at radius 3 is 1.04 bits per heavy atom. The van der Waals surface area contributed by atoms with Gasteiger partial charge in [-0.2, -0.15) is 0 Å². The molecule has 0 aromatic heterocycles. The zero-order chi connectivity index (χ0) is 38.4. The SMILES string of the molecule is CC(=O)c1cc2c(O)c(c1)Cc1cc(C(C)=O)cc(c1OP(=O)(O)O)Cc1cc(O)cc(c1C(C)=O)Cc1cc(C(C)=O)cc(c1OP(=O)(O)O)C2. The highest BCUT2D eigenvalue weighted by Gasteiger charge is 2.29. The molecule has 0 heterocycles. The Morgan fingerprint density at radius 1 is 0.481 bits per heavy atom. The summed E-state index contributed by atoms with van der Waals surface area (Å²) in [5, 5.41) is 22.6. The van der Waals surface area contributed by atoms with Gasteiger partial charge in [0.2, 0.25) is 0 Å². The molecule has 5 rings (SSSR count). The minimum absolute atomic E-state index is 0.0104. The summed E-state index contributed by atoms with van der Waals surface area (Å²) < 4.78 is 35.1. The number of phenolic OH excluding ortho intramolecular Hbond substituents is 2. The van der Waals surface area contributed by atoms with Gasteiger partial charge in [0.1, 0.15) is 23.0 Å². The lowest BCUT2D eigenvalue weighted by Crippen LogP contribution is -2.11. The van der Waals surface area contributed by atoms with E-state index in [0.717, 1.165) is 0 Å². The van der Waals surface area contributed by atoms with E-state index in [1.807, 2.05) is 0 Å². The summed E-state index contributed by atoms with van der Waals surface area (Å²) in [6.07, 6.45) is -1.40. The Hall–Kier alpha value is -4.94. The van der Waals surface area contributed by atoms with Gasteiger partial charge in [-0.15, -0.1) is 0 Å². The quantitative estimate of drug-likeness (QED) is 0.0844. The summed E-state index contributed by atoms with van der Waals surface area (Å²) >= 11 is 0. The maximum atomic E-state index is 13.3. The van der Waals surface area contributed by atoms with Crippen LogP contribution in [0.5, 0.6) is 23.0 Å². The molecule has 16 heteroatoms. The van der Waals surface area contributed by atoms with E-state index in [1.165, 1.54) is 76.2 Å². The first-order valence-corrected chi connectivity index (χ1v) is 18.7. The van der Waals surface area contributed by atoms with Crippen molar-refractivity contribution in [1.29, 1.82) is 0 Å². The number of carbonyl (C=O) groups is 4. The van der Waals surface area contributed by atoms with E-state index in [-0.39, 0.29) is 110 Å². The van der Waals surface area contributed by atoms with Gasteiger partial charge in [0.15, 0.2) is 23.1 Å². The summed E-state index contributed by atoms with van der Waals surface area (Å²) in [7, 11) is -10.6. The van der Waals surface area contributed by atoms with E-state index in [0.29, 0.717) is 0 Å². The summed E-state index contributed by atoms with van der Waals surface area (Å²) in [5.41, 5.74) is 0.674. The molecule has 0 saturated carbocycles. The summed E-state index contributed by atoms with van der Waals surface area (Å²) in [4.78, 5) is 91.5. The Labute approximate surface area is 297 Å². The van der Waals surface area contributed by atoms with Crippen molar-refractivity contribution < 1.29 is 67.1 Å². The molecule has 0 radical (unpaired) electrons. The predicted molar refractivity (Wildman–Crippen MR) is 186 cm³/mol. The maximum Gasteiger partial charge on any atom is 0.524 e. The number of ketones is 4. The van der Waals surface area contributed by atoms with Gasteiger partial charge in [0, 0.05) is 70.2 Å². The van der Waals surface area contributed by atoms with E-state index in [2.05, 4.69) is 0 Å². The number of Topliss-reactive ketones (excluding diaryl/α,β-unsaturated/α-hetero) is 4. The third-order valence-corrected chi connectivity index (χ3v) is 9.40. The number of phosphoric acid groups is 2. The fraction of sp³-hybridized carbons (Fsp3) is 0.222. The maximum absolute atomic E-state index is 13.3. The lowest BCUT2D eigenvalue weighted by Gasteiger charge is -2.22. The van der Waals surface area contributed by atoms with Crippen molar-refractivity contribution >= 4 is 38.8 Å². The van der Waals surface area contributed by atoms with Crippen LogP contribution in [0, 0.1) is 0 Å². The third-order valence-electron chi connectivity index (χ3n) is 8.56. The number of rotatable bonds is 8. The zero-order valence-electron chi connectivity index (χ0n) is 28.3. The summed E-state index contributed by atoms with van der Waals surface area (Å²) in [5.74, 6) is -3.36. The molecule has 1 aliphatic rings. The molecule has 0 unspecified atom stereocenters. The lowest BCUT2D eigenvalue weighted by atomic mass is 9.86. The van der Waals surface area contributed by atoms with Crippen molar-refractivity contribution in [2.45, 2.75) is 53.4 Å². The molecule has 8 bridgehead atoms. The molecule has 0 saturated heterocycles. The molecule has 0 amide bonds. The average Bonchev–Trinajstić information content (AvgIpc) is 2.99. The molecule has 272 valence electrons. The molecule has 1 aliphatic carbocycles. The lowest BCUT2D eigenvalue weighted by molar-refractivity contribution is 0.100. The van der Waals surface area contributed by atoms with E-state index in [9.17, 15) is 58.1 Å². The van der Waals surface area contributed by atoms with Gasteiger partial charge in [-0.1, -0.05) is 0 Å². The number of benzene rings is 4. The molecule has 4 aromatic carbocycles. The van der Waals surface area contributed by atoms with Crippen LogP contribution in [-0.2, 0) is 34.8 Å². The second-order valence-corrected chi connectivity index (χ2v) is 15.0. The normalized spacial score (nSPS) is 12.9. The van der Waals surface area contributed by atoms with Crippen LogP contribution in [0.1, 0.15) is 114 Å². The van der Waals surface area contributed by atoms with Crippen LogP contribution >= 0.6 is 15.6 Å². The first kappa shape index (κ1) is 38.3. The monoisotopic (exact) mass is 752 g/mol. The topological polar surface area (TPSA) is 242 Å². The van der Waals surface area contributed by atoms with Crippen molar-refractivity contribution in [1.82, 2.24) is 0 Å². The van der Waals surface area contributed by atoms with Crippen molar-refractivity contribution in [3.63, 3.8) is 0 Å². The van der Waals surface area contributed by atoms with Crippen LogP contribution in [0.4, 0.5) is 0 Å². The number of carbonyl (C=O) groups excluding carboxylic acids is 4. The van der Waals surface area contributed by atoms with E-state index in [1.54, 1.807) is 0 Å². The average molecular weight is 753 g/mol. The van der Waals surface area contributed by atoms with Crippen LogP contribution < -0.4 is 9.05 Å². The van der Waals surface area contributed by atoms with Crippen LogP contribution in [0.3, 0.4) is 0 Å². The molecule has 0 fully saturated rings. The number of hydrogen-bond acceptors (Lipinski definition) is 10. The number of fused-ring (bicyclic) bond motifs is 8. The number of hydrogen-bond donors (Lipinski definition) is 6. The number of phosphoric ester groups is 2. The molecule has 6 N–H and O–H groups in total. The second kappa shape index (κ2) is 14.2. The van der Waals surface area contributed by atoms with Gasteiger partial charge in [-0.05, 0) is 98.5 Å². The van der Waals surface area contributed by atoms with Crippen LogP contribution in [-0.4, -0.2) is 52.9 Å². The van der Waals surface area contributed by atoms with Crippen molar-refractivity contribution in [2.24, 2.45) is 0 Å². The number of aromatic hydroxyl groups is 2. The van der Waals surface area contributed by atoms with E-state index < -0.39 is 44.5 Å². The highest BCUT2D eigenvalue weighted by molar-refractivity contribution is 7.47. The Morgan fingerprint density at radius 2 is 0.769 bits per heavy atom. The minimum Gasteiger partial charge on any atom is -0.508 e. The van der Waals surface area contributed by atoms with Crippen LogP contribution in [0.2, 0.25) is 0 Å². The fourth-order valence-corrected chi connectivity index (χ4v) is 7.39. The molecule has 0 spiro atoms. The smallest absolute Gasteiger partial charge is 0.508 e. The van der Waals surface area contributed by atoms with Crippen LogP contribution in [0.25, 0.3) is 0 Å². The van der Waals surface area contributed by atoms with Crippen LogP contribution in [0.15, 0.2) is 48.5 Å². The second-order valence-electron chi connectivity index (χ2n) is 12.6. The Kier molecular flexibility index (Phi) is 10.5. The predicted octanol–water partition coefficient (Wildman–Crippen LogP) is 5.53. The van der Waals surface area contributed by atoms with Crippen molar-refractivity contribution in [3.05, 3.63) is 115 Å². The van der Waals surface area contributed by atoms with Gasteiger partial charge in [-0.3, -0.25) is 38.8 Å². The van der Waals surface area contributed by atoms with Gasteiger partial charge >= 0.3 is 15.6 Å². The molecule has 0 aliphatic heterocycles. The first-order valence-electron chi connectivity index (χ1n) is 15.6. The molecular weight excluding hydrogens is 718 g/mol. The summed E-state index contributed by atoms with van der Waals surface area (Å²) in [6, 6.07) is 10.4. The fourth-order valence-electron chi connectivity index (χ4n) is 6.45. The standard InChI is InChI=1S/C36H34O14P2/c1-17(37)21-5-26-13-30-9-22(18(2)38)7-28(35(30)49-51(43,44)45)11-24-15-32(41)16-25(33(24)20(4)40)12-29-8-23(19(3)39)10-31(14-27(6-21)34(26)42)36(29)50-52(46,47)48/h5-10,15-16,41-42H,11-14H2,1-4H3,(H2,43,44,45)(H2,46,47,48). The van der Waals surface area contributed by atoms with Crippen molar-refractivity contribution in [2.75, 3.05) is 0 Å². The Bertz CT molecular complexity index is 2160. The van der Waals surface area contributed by atoms with Gasteiger partial charge in [0.05, 0.1) is 0 Å².